The molecule has 0 spiro atoms. The molecule has 4 rings (SSSR count). The molecule has 1 aromatic heterocycles. The molecule has 3 aromatic rings. The van der Waals surface area contributed by atoms with Crippen LogP contribution >= 0.6 is 11.3 Å². The fourth-order valence-electron chi connectivity index (χ4n) is 3.71. The molecule has 1 aliphatic rings. The van der Waals surface area contributed by atoms with E-state index in [-0.39, 0.29) is 12.4 Å². The number of rotatable bonds is 7. The van der Waals surface area contributed by atoms with E-state index in [2.05, 4.69) is 22.3 Å². The van der Waals surface area contributed by atoms with E-state index in [0.29, 0.717) is 23.5 Å². The highest BCUT2D eigenvalue weighted by Gasteiger charge is 2.29. The fourth-order valence-corrected chi connectivity index (χ4v) is 5.00. The SMILES string of the molecule is COC(=O)c1c(NC(=O)COc2ccccc2F)sc2c1CCN(Cc1ccccc1)C2. The molecule has 1 aliphatic heterocycles. The smallest absolute Gasteiger partial charge is 0.341 e. The van der Waals surface area contributed by atoms with Crippen molar-refractivity contribution >= 4 is 28.2 Å². The normalized spacial score (nSPS) is 13.3. The summed E-state index contributed by atoms with van der Waals surface area (Å²) in [6.45, 7) is 1.92. The number of nitrogens with one attached hydrogen (secondary N) is 1. The number of hydrogen-bond acceptors (Lipinski definition) is 6. The van der Waals surface area contributed by atoms with E-state index in [0.717, 1.165) is 23.5 Å². The minimum Gasteiger partial charge on any atom is -0.481 e. The Balaban J connectivity index is 1.48. The summed E-state index contributed by atoms with van der Waals surface area (Å²) in [7, 11) is 1.32. The van der Waals surface area contributed by atoms with Crippen LogP contribution in [0.3, 0.4) is 0 Å². The Morgan fingerprint density at radius 2 is 1.88 bits per heavy atom. The number of amides is 1. The van der Waals surface area contributed by atoms with E-state index in [1.165, 1.54) is 36.1 Å². The predicted octanol–water partition coefficient (Wildman–Crippen LogP) is 4.25. The van der Waals surface area contributed by atoms with Crippen LogP contribution in [0.5, 0.6) is 5.75 Å². The van der Waals surface area contributed by atoms with Crippen molar-refractivity contribution in [1.82, 2.24) is 4.90 Å². The summed E-state index contributed by atoms with van der Waals surface area (Å²) in [5.74, 6) is -1.50. The summed E-state index contributed by atoms with van der Waals surface area (Å²) in [6.07, 6.45) is 0.685. The largest absolute Gasteiger partial charge is 0.481 e. The Hall–Kier alpha value is -3.23. The predicted molar refractivity (Wildman–Crippen MR) is 120 cm³/mol. The molecule has 0 bridgehead atoms. The monoisotopic (exact) mass is 454 g/mol. The van der Waals surface area contributed by atoms with Crippen LogP contribution in [0.1, 0.15) is 26.4 Å². The number of nitrogens with zero attached hydrogens (tertiary/aromatic N) is 1. The van der Waals surface area contributed by atoms with E-state index < -0.39 is 17.7 Å². The lowest BCUT2D eigenvalue weighted by atomic mass is 10.0. The molecular weight excluding hydrogens is 431 g/mol. The highest BCUT2D eigenvalue weighted by atomic mass is 32.1. The lowest BCUT2D eigenvalue weighted by Gasteiger charge is -2.27. The van der Waals surface area contributed by atoms with Gasteiger partial charge in [0, 0.05) is 24.5 Å². The standard InChI is InChI=1S/C24H23FN2O4S/c1-30-24(29)22-17-11-12-27(13-16-7-3-2-4-8-16)14-20(17)32-23(22)26-21(28)15-31-19-10-6-5-9-18(19)25/h2-10H,11-15H2,1H3,(H,26,28). The first-order chi connectivity index (χ1) is 15.5. The molecule has 32 heavy (non-hydrogen) atoms. The molecular formula is C24H23FN2O4S. The molecule has 0 fully saturated rings. The quantitative estimate of drug-likeness (QED) is 0.541. The summed E-state index contributed by atoms with van der Waals surface area (Å²) < 4.78 is 24.0. The van der Waals surface area contributed by atoms with Gasteiger partial charge in [-0.25, -0.2) is 9.18 Å². The Labute approximate surface area is 189 Å². The average Bonchev–Trinajstić information content (AvgIpc) is 3.15. The van der Waals surface area contributed by atoms with Gasteiger partial charge >= 0.3 is 5.97 Å². The third kappa shape index (κ3) is 4.98. The molecule has 6 nitrogen and oxygen atoms in total. The van der Waals surface area contributed by atoms with Crippen molar-refractivity contribution in [2.75, 3.05) is 25.6 Å². The minimum absolute atomic E-state index is 0.00197. The number of para-hydroxylation sites is 1. The zero-order valence-electron chi connectivity index (χ0n) is 17.6. The fraction of sp³-hybridized carbons (Fsp3) is 0.250. The van der Waals surface area contributed by atoms with Crippen molar-refractivity contribution in [2.24, 2.45) is 0 Å². The van der Waals surface area contributed by atoms with E-state index in [1.54, 1.807) is 12.1 Å². The summed E-state index contributed by atoms with van der Waals surface area (Å²) in [5.41, 5.74) is 2.53. The van der Waals surface area contributed by atoms with Crippen LogP contribution in [-0.2, 0) is 29.0 Å². The highest BCUT2D eigenvalue weighted by Crippen LogP contribution is 2.38. The van der Waals surface area contributed by atoms with Crippen LogP contribution in [0.2, 0.25) is 0 Å². The maximum atomic E-state index is 13.7. The maximum absolute atomic E-state index is 13.7. The van der Waals surface area contributed by atoms with Crippen LogP contribution < -0.4 is 10.1 Å². The van der Waals surface area contributed by atoms with Crippen LogP contribution in [0.25, 0.3) is 0 Å². The molecule has 1 N–H and O–H groups in total. The second-order valence-corrected chi connectivity index (χ2v) is 8.52. The maximum Gasteiger partial charge on any atom is 0.341 e. The number of esters is 1. The van der Waals surface area contributed by atoms with Gasteiger partial charge in [-0.3, -0.25) is 9.69 Å². The van der Waals surface area contributed by atoms with Gasteiger partial charge in [0.2, 0.25) is 0 Å². The van der Waals surface area contributed by atoms with Crippen LogP contribution in [0.4, 0.5) is 9.39 Å². The van der Waals surface area contributed by atoms with Crippen molar-refractivity contribution in [3.05, 3.63) is 82.0 Å². The number of carbonyl (C=O) groups is 2. The molecule has 0 aliphatic carbocycles. The summed E-state index contributed by atoms with van der Waals surface area (Å²) >= 11 is 1.37. The average molecular weight is 455 g/mol. The number of anilines is 1. The molecule has 2 heterocycles. The molecule has 166 valence electrons. The van der Waals surface area contributed by atoms with Crippen LogP contribution in [-0.4, -0.2) is 37.0 Å². The summed E-state index contributed by atoms with van der Waals surface area (Å²) in [5, 5.41) is 3.19. The molecule has 0 atom stereocenters. The second-order valence-electron chi connectivity index (χ2n) is 7.41. The lowest BCUT2D eigenvalue weighted by Crippen LogP contribution is -2.29. The van der Waals surface area contributed by atoms with Gasteiger partial charge in [-0.2, -0.15) is 0 Å². The lowest BCUT2D eigenvalue weighted by molar-refractivity contribution is -0.118. The van der Waals surface area contributed by atoms with Gasteiger partial charge < -0.3 is 14.8 Å². The van der Waals surface area contributed by atoms with Gasteiger partial charge in [0.05, 0.1) is 12.7 Å². The van der Waals surface area contributed by atoms with E-state index in [1.807, 2.05) is 18.2 Å². The molecule has 2 aromatic carbocycles. The van der Waals surface area contributed by atoms with E-state index in [4.69, 9.17) is 9.47 Å². The van der Waals surface area contributed by atoms with Gasteiger partial charge in [-0.1, -0.05) is 42.5 Å². The van der Waals surface area contributed by atoms with Crippen molar-refractivity contribution in [3.8, 4) is 5.75 Å². The van der Waals surface area contributed by atoms with Gasteiger partial charge in [-0.05, 0) is 29.7 Å². The number of carbonyl (C=O) groups excluding carboxylic acids is 2. The van der Waals surface area contributed by atoms with Gasteiger partial charge in [0.1, 0.15) is 5.00 Å². The number of halogens is 1. The minimum atomic E-state index is -0.541. The molecule has 0 radical (unpaired) electrons. The van der Waals surface area contributed by atoms with Crippen molar-refractivity contribution in [2.45, 2.75) is 19.5 Å². The number of hydrogen-bond donors (Lipinski definition) is 1. The highest BCUT2D eigenvalue weighted by molar-refractivity contribution is 7.17. The van der Waals surface area contributed by atoms with Gasteiger partial charge in [0.15, 0.2) is 18.2 Å². The first-order valence-electron chi connectivity index (χ1n) is 10.2. The van der Waals surface area contributed by atoms with Gasteiger partial charge in [0.25, 0.3) is 5.91 Å². The molecule has 0 saturated carbocycles. The third-order valence-corrected chi connectivity index (χ3v) is 6.36. The molecule has 0 saturated heterocycles. The Bertz CT molecular complexity index is 1120. The van der Waals surface area contributed by atoms with Crippen LogP contribution in [0, 0.1) is 5.82 Å². The zero-order valence-corrected chi connectivity index (χ0v) is 18.4. The third-order valence-electron chi connectivity index (χ3n) is 5.22. The second kappa shape index (κ2) is 9.93. The molecule has 1 amide bonds. The number of benzene rings is 2. The van der Waals surface area contributed by atoms with Crippen molar-refractivity contribution in [3.63, 3.8) is 0 Å². The van der Waals surface area contributed by atoms with Crippen molar-refractivity contribution in [1.29, 1.82) is 0 Å². The molecule has 0 unspecified atom stereocenters. The Kier molecular flexibility index (Phi) is 6.82. The Morgan fingerprint density at radius 3 is 2.62 bits per heavy atom. The van der Waals surface area contributed by atoms with Crippen LogP contribution in [0.15, 0.2) is 54.6 Å². The zero-order chi connectivity index (χ0) is 22.5. The van der Waals surface area contributed by atoms with Gasteiger partial charge in [-0.15, -0.1) is 11.3 Å². The van der Waals surface area contributed by atoms with Crippen molar-refractivity contribution < 1.29 is 23.5 Å². The number of methoxy groups -OCH3 is 1. The van der Waals surface area contributed by atoms with E-state index in [9.17, 15) is 14.0 Å². The first-order valence-corrected chi connectivity index (χ1v) is 11.0. The van der Waals surface area contributed by atoms with E-state index >= 15 is 0 Å². The number of thiophene rings is 1. The molecule has 8 heteroatoms. The first kappa shape index (κ1) is 22.0. The summed E-state index contributed by atoms with van der Waals surface area (Å²) in [4.78, 5) is 28.3. The number of fused-ring (bicyclic) bond motifs is 1. The summed E-state index contributed by atoms with van der Waals surface area (Å²) in [6, 6.07) is 16.1. The number of ether oxygens (including phenoxy) is 2. The topological polar surface area (TPSA) is 67.9 Å². The Morgan fingerprint density at radius 1 is 1.12 bits per heavy atom.